The van der Waals surface area contributed by atoms with Crippen LogP contribution in [0.25, 0.3) is 0 Å². The highest BCUT2D eigenvalue weighted by Gasteiger charge is 2.42. The number of hydrogen-bond donors (Lipinski definition) is 0. The van der Waals surface area contributed by atoms with Gasteiger partial charge in [0.2, 0.25) is 10.0 Å². The van der Waals surface area contributed by atoms with Crippen molar-refractivity contribution >= 4 is 21.6 Å². The largest absolute Gasteiger partial charge is 0.370 e. The lowest BCUT2D eigenvalue weighted by atomic mass is 10.0. The summed E-state index contributed by atoms with van der Waals surface area (Å²) < 4.78 is 46.7. The predicted octanol–water partition coefficient (Wildman–Crippen LogP) is 4.16. The van der Waals surface area contributed by atoms with Crippen molar-refractivity contribution in [3.63, 3.8) is 0 Å². The van der Waals surface area contributed by atoms with Crippen molar-refractivity contribution in [2.75, 3.05) is 13.2 Å². The Labute approximate surface area is 158 Å². The van der Waals surface area contributed by atoms with E-state index in [4.69, 9.17) is 16.3 Å². The quantitative estimate of drug-likeness (QED) is 0.778. The maximum Gasteiger partial charge on any atom is 0.219 e. The SMILES string of the molecule is CC1(C)COC(c2ccc(F)cc2)CN1S(=O)(=O)Cc1ccccc1Cl. The maximum atomic E-state index is 13.2. The zero-order valence-corrected chi connectivity index (χ0v) is 16.2. The molecule has 1 heterocycles. The number of sulfonamides is 1. The minimum absolute atomic E-state index is 0.172. The molecule has 0 bridgehead atoms. The summed E-state index contributed by atoms with van der Waals surface area (Å²) in [5.74, 6) is -0.514. The molecular formula is C19H21ClFNO3S. The average molecular weight is 398 g/mol. The minimum Gasteiger partial charge on any atom is -0.370 e. The second-order valence-corrected chi connectivity index (χ2v) is 9.34. The topological polar surface area (TPSA) is 46.6 Å². The second kappa shape index (κ2) is 7.27. The monoisotopic (exact) mass is 397 g/mol. The van der Waals surface area contributed by atoms with Crippen LogP contribution in [0.1, 0.15) is 31.1 Å². The first kappa shape index (κ1) is 19.3. The molecule has 0 N–H and O–H groups in total. The van der Waals surface area contributed by atoms with E-state index < -0.39 is 21.7 Å². The molecule has 4 nitrogen and oxygen atoms in total. The molecule has 2 aromatic rings. The van der Waals surface area contributed by atoms with Crippen LogP contribution < -0.4 is 0 Å². The van der Waals surface area contributed by atoms with E-state index in [0.29, 0.717) is 10.6 Å². The van der Waals surface area contributed by atoms with Gasteiger partial charge in [-0.25, -0.2) is 12.8 Å². The number of hydrogen-bond acceptors (Lipinski definition) is 3. The van der Waals surface area contributed by atoms with Crippen molar-refractivity contribution in [3.8, 4) is 0 Å². The standard InChI is InChI=1S/C19H21ClFNO3S/c1-19(2)13-25-18(14-7-9-16(21)10-8-14)11-22(19)26(23,24)12-15-5-3-4-6-17(15)20/h3-10,18H,11-13H2,1-2H3. The van der Waals surface area contributed by atoms with E-state index in [1.165, 1.54) is 16.4 Å². The van der Waals surface area contributed by atoms with Crippen LogP contribution in [-0.2, 0) is 20.5 Å². The van der Waals surface area contributed by atoms with Gasteiger partial charge in [0.1, 0.15) is 5.82 Å². The number of halogens is 2. The van der Waals surface area contributed by atoms with Gasteiger partial charge in [-0.05, 0) is 43.2 Å². The van der Waals surface area contributed by atoms with Gasteiger partial charge < -0.3 is 4.74 Å². The Balaban J connectivity index is 1.87. The summed E-state index contributed by atoms with van der Waals surface area (Å²) in [7, 11) is -3.62. The van der Waals surface area contributed by atoms with Crippen LogP contribution in [0.3, 0.4) is 0 Å². The first-order valence-electron chi connectivity index (χ1n) is 8.30. The van der Waals surface area contributed by atoms with Gasteiger partial charge in [0.25, 0.3) is 0 Å². The van der Waals surface area contributed by atoms with Crippen LogP contribution in [0.5, 0.6) is 0 Å². The van der Waals surface area contributed by atoms with Gasteiger partial charge in [-0.15, -0.1) is 0 Å². The number of rotatable bonds is 4. The molecule has 0 amide bonds. The fourth-order valence-electron chi connectivity index (χ4n) is 3.09. The summed E-state index contributed by atoms with van der Waals surface area (Å²) in [5, 5.41) is 0.428. The summed E-state index contributed by atoms with van der Waals surface area (Å²) in [6.07, 6.45) is -0.440. The molecule has 1 aliphatic rings. The average Bonchev–Trinajstić information content (AvgIpc) is 2.57. The molecule has 0 radical (unpaired) electrons. The summed E-state index contributed by atoms with van der Waals surface area (Å²) in [6, 6.07) is 12.9. The van der Waals surface area contributed by atoms with Crippen LogP contribution in [0.2, 0.25) is 5.02 Å². The molecule has 0 aliphatic carbocycles. The molecule has 0 saturated carbocycles. The van der Waals surface area contributed by atoms with Crippen LogP contribution in [0.4, 0.5) is 4.39 Å². The first-order chi connectivity index (χ1) is 12.2. The van der Waals surface area contributed by atoms with Gasteiger partial charge in [-0.3, -0.25) is 0 Å². The lowest BCUT2D eigenvalue weighted by Crippen LogP contribution is -2.56. The Kier molecular flexibility index (Phi) is 5.40. The molecule has 26 heavy (non-hydrogen) atoms. The van der Waals surface area contributed by atoms with E-state index in [9.17, 15) is 12.8 Å². The summed E-state index contributed by atoms with van der Waals surface area (Å²) in [5.41, 5.74) is 0.631. The highest BCUT2D eigenvalue weighted by atomic mass is 35.5. The molecule has 1 atom stereocenters. The van der Waals surface area contributed by atoms with Crippen molar-refractivity contribution in [1.29, 1.82) is 0 Å². The molecule has 2 aromatic carbocycles. The third kappa shape index (κ3) is 4.09. The molecule has 140 valence electrons. The van der Waals surface area contributed by atoms with Gasteiger partial charge in [0.15, 0.2) is 0 Å². The molecule has 0 aromatic heterocycles. The fraction of sp³-hybridized carbons (Fsp3) is 0.368. The van der Waals surface area contributed by atoms with Gasteiger partial charge in [-0.1, -0.05) is 41.9 Å². The Bertz CT molecular complexity index is 884. The molecule has 3 rings (SSSR count). The summed E-state index contributed by atoms with van der Waals surface area (Å²) >= 11 is 6.14. The van der Waals surface area contributed by atoms with Crippen LogP contribution >= 0.6 is 11.6 Å². The molecule has 7 heteroatoms. The molecule has 1 saturated heterocycles. The van der Waals surface area contributed by atoms with Crippen molar-refractivity contribution in [1.82, 2.24) is 4.31 Å². The Morgan fingerprint density at radius 1 is 1.19 bits per heavy atom. The zero-order valence-electron chi connectivity index (χ0n) is 14.7. The van der Waals surface area contributed by atoms with E-state index in [2.05, 4.69) is 0 Å². The van der Waals surface area contributed by atoms with Gasteiger partial charge >= 0.3 is 0 Å². The Hall–Kier alpha value is -1.47. The Morgan fingerprint density at radius 3 is 2.50 bits per heavy atom. The number of benzene rings is 2. The molecule has 1 unspecified atom stereocenters. The highest BCUT2D eigenvalue weighted by molar-refractivity contribution is 7.88. The van der Waals surface area contributed by atoms with Crippen molar-refractivity contribution < 1.29 is 17.5 Å². The van der Waals surface area contributed by atoms with Gasteiger partial charge in [-0.2, -0.15) is 4.31 Å². The predicted molar refractivity (Wildman–Crippen MR) is 100.0 cm³/mol. The number of nitrogens with zero attached hydrogens (tertiary/aromatic N) is 1. The smallest absolute Gasteiger partial charge is 0.219 e. The summed E-state index contributed by atoms with van der Waals surface area (Å²) in [6.45, 7) is 4.08. The summed E-state index contributed by atoms with van der Waals surface area (Å²) in [4.78, 5) is 0. The van der Waals surface area contributed by atoms with E-state index >= 15 is 0 Å². The van der Waals surface area contributed by atoms with E-state index in [1.54, 1.807) is 36.4 Å². The number of morpholine rings is 1. The lowest BCUT2D eigenvalue weighted by Gasteiger charge is -2.44. The fourth-order valence-corrected chi connectivity index (χ4v) is 5.34. The van der Waals surface area contributed by atoms with Crippen LogP contribution in [0, 0.1) is 5.82 Å². The van der Waals surface area contributed by atoms with Crippen molar-refractivity contribution in [2.24, 2.45) is 0 Å². The first-order valence-corrected chi connectivity index (χ1v) is 10.3. The highest BCUT2D eigenvalue weighted by Crippen LogP contribution is 2.34. The van der Waals surface area contributed by atoms with Crippen LogP contribution in [0.15, 0.2) is 48.5 Å². The van der Waals surface area contributed by atoms with Gasteiger partial charge in [0, 0.05) is 11.6 Å². The zero-order chi connectivity index (χ0) is 18.9. The Morgan fingerprint density at radius 2 is 1.85 bits per heavy atom. The maximum absolute atomic E-state index is 13.2. The number of ether oxygens (including phenoxy) is 1. The molecule has 1 aliphatic heterocycles. The molecule has 0 spiro atoms. The third-order valence-electron chi connectivity index (χ3n) is 4.52. The second-order valence-electron chi connectivity index (χ2n) is 7.04. The van der Waals surface area contributed by atoms with E-state index in [1.807, 2.05) is 13.8 Å². The van der Waals surface area contributed by atoms with E-state index in [0.717, 1.165) is 5.56 Å². The van der Waals surface area contributed by atoms with Gasteiger partial charge in [0.05, 0.1) is 24.0 Å². The van der Waals surface area contributed by atoms with Crippen LogP contribution in [-0.4, -0.2) is 31.4 Å². The van der Waals surface area contributed by atoms with Crippen molar-refractivity contribution in [3.05, 3.63) is 70.5 Å². The molecular weight excluding hydrogens is 377 g/mol. The lowest BCUT2D eigenvalue weighted by molar-refractivity contribution is -0.0656. The third-order valence-corrected chi connectivity index (χ3v) is 6.88. The van der Waals surface area contributed by atoms with Crippen molar-refractivity contribution in [2.45, 2.75) is 31.2 Å². The normalized spacial score (nSPS) is 20.8. The molecule has 1 fully saturated rings. The minimum atomic E-state index is -3.62. The van der Waals surface area contributed by atoms with E-state index in [-0.39, 0.29) is 24.7 Å².